The summed E-state index contributed by atoms with van der Waals surface area (Å²) in [5, 5.41) is 23.6. The Morgan fingerprint density at radius 3 is 2.79 bits per heavy atom. The lowest BCUT2D eigenvalue weighted by Crippen LogP contribution is -2.03. The summed E-state index contributed by atoms with van der Waals surface area (Å²) in [4.78, 5) is 21.1. The van der Waals surface area contributed by atoms with Gasteiger partial charge in [-0.3, -0.25) is 10.1 Å². The van der Waals surface area contributed by atoms with E-state index in [0.29, 0.717) is 17.8 Å². The molecule has 0 radical (unpaired) electrons. The van der Waals surface area contributed by atoms with Crippen LogP contribution in [0.2, 0.25) is 0 Å². The van der Waals surface area contributed by atoms with Gasteiger partial charge in [-0.25, -0.2) is 9.48 Å². The second-order valence-electron chi connectivity index (χ2n) is 3.87. The number of hydrogen-bond donors (Lipinski definition) is 1. The first-order chi connectivity index (χ1) is 9.02. The number of carboxylic acid groups (broad SMARTS) is 1. The predicted molar refractivity (Wildman–Crippen MR) is 66.6 cm³/mol. The van der Waals surface area contributed by atoms with Crippen molar-refractivity contribution in [2.24, 2.45) is 0 Å². The highest BCUT2D eigenvalue weighted by Gasteiger charge is 2.15. The lowest BCUT2D eigenvalue weighted by atomic mass is 10.2. The zero-order chi connectivity index (χ0) is 14.0. The molecule has 0 saturated carbocycles. The van der Waals surface area contributed by atoms with Gasteiger partial charge in [-0.1, -0.05) is 13.0 Å². The number of aryl methyl sites for hydroxylation is 1. The molecule has 7 nitrogen and oxygen atoms in total. The van der Waals surface area contributed by atoms with Crippen LogP contribution in [0.15, 0.2) is 30.3 Å². The van der Waals surface area contributed by atoms with E-state index in [2.05, 4.69) is 5.10 Å². The molecule has 0 bridgehead atoms. The molecule has 0 saturated heterocycles. The van der Waals surface area contributed by atoms with Crippen molar-refractivity contribution in [2.45, 2.75) is 13.3 Å². The molecule has 1 heterocycles. The van der Waals surface area contributed by atoms with E-state index in [-0.39, 0.29) is 11.4 Å². The van der Waals surface area contributed by atoms with E-state index in [1.165, 1.54) is 28.9 Å². The summed E-state index contributed by atoms with van der Waals surface area (Å²) in [6.07, 6.45) is 0.572. The van der Waals surface area contributed by atoms with Crippen LogP contribution in [-0.2, 0) is 6.42 Å². The van der Waals surface area contributed by atoms with E-state index >= 15 is 0 Å². The quantitative estimate of drug-likeness (QED) is 0.670. The van der Waals surface area contributed by atoms with Crippen LogP contribution < -0.4 is 0 Å². The van der Waals surface area contributed by atoms with Crippen LogP contribution >= 0.6 is 0 Å². The van der Waals surface area contributed by atoms with Crippen molar-refractivity contribution in [1.29, 1.82) is 0 Å². The third kappa shape index (κ3) is 2.44. The number of nitro benzene ring substituents is 1. The van der Waals surface area contributed by atoms with Gasteiger partial charge >= 0.3 is 5.97 Å². The highest BCUT2D eigenvalue weighted by molar-refractivity contribution is 5.85. The van der Waals surface area contributed by atoms with Gasteiger partial charge in [0.1, 0.15) is 0 Å². The fourth-order valence-corrected chi connectivity index (χ4v) is 1.74. The molecule has 1 N–H and O–H groups in total. The van der Waals surface area contributed by atoms with Gasteiger partial charge in [0, 0.05) is 17.8 Å². The van der Waals surface area contributed by atoms with Gasteiger partial charge in [-0.15, -0.1) is 0 Å². The topological polar surface area (TPSA) is 98.3 Å². The fourth-order valence-electron chi connectivity index (χ4n) is 1.74. The van der Waals surface area contributed by atoms with E-state index in [9.17, 15) is 14.9 Å². The summed E-state index contributed by atoms with van der Waals surface area (Å²) in [5.74, 6) is -1.13. The molecule has 2 rings (SSSR count). The SMILES string of the molecule is CCc1cc(C(=O)O)nn1-c1cccc([N+](=O)[O-])c1. The number of rotatable bonds is 4. The molecule has 0 aliphatic heterocycles. The minimum absolute atomic E-state index is 0.0630. The van der Waals surface area contributed by atoms with Gasteiger partial charge in [-0.2, -0.15) is 5.10 Å². The zero-order valence-corrected chi connectivity index (χ0v) is 10.1. The van der Waals surface area contributed by atoms with E-state index in [1.807, 2.05) is 6.92 Å². The summed E-state index contributed by atoms with van der Waals surface area (Å²) in [5.41, 5.74) is 1.01. The molecule has 19 heavy (non-hydrogen) atoms. The molecule has 0 atom stereocenters. The van der Waals surface area contributed by atoms with Crippen LogP contribution in [0.4, 0.5) is 5.69 Å². The first-order valence-electron chi connectivity index (χ1n) is 5.60. The Balaban J connectivity index is 2.54. The first kappa shape index (κ1) is 12.7. The maximum Gasteiger partial charge on any atom is 0.356 e. The van der Waals surface area contributed by atoms with Gasteiger partial charge in [0.05, 0.1) is 10.6 Å². The summed E-state index contributed by atoms with van der Waals surface area (Å²) >= 11 is 0. The third-order valence-corrected chi connectivity index (χ3v) is 2.65. The molecule has 0 aliphatic carbocycles. The highest BCUT2D eigenvalue weighted by Crippen LogP contribution is 2.19. The average molecular weight is 261 g/mol. The Morgan fingerprint density at radius 2 is 2.21 bits per heavy atom. The van der Waals surface area contributed by atoms with Crippen molar-refractivity contribution in [3.8, 4) is 5.69 Å². The lowest BCUT2D eigenvalue weighted by Gasteiger charge is -2.05. The number of nitro groups is 1. The monoisotopic (exact) mass is 261 g/mol. The second-order valence-corrected chi connectivity index (χ2v) is 3.87. The molecule has 2 aromatic rings. The second kappa shape index (κ2) is 4.89. The Kier molecular flexibility index (Phi) is 3.28. The molecule has 1 aromatic carbocycles. The molecule has 0 amide bonds. The fraction of sp³-hybridized carbons (Fsp3) is 0.167. The van der Waals surface area contributed by atoms with Crippen LogP contribution in [0.1, 0.15) is 23.1 Å². The van der Waals surface area contributed by atoms with Crippen molar-refractivity contribution < 1.29 is 14.8 Å². The van der Waals surface area contributed by atoms with Gasteiger partial charge < -0.3 is 5.11 Å². The molecule has 7 heteroatoms. The first-order valence-corrected chi connectivity index (χ1v) is 5.60. The molecule has 0 spiro atoms. The Bertz CT molecular complexity index is 648. The van der Waals surface area contributed by atoms with E-state index in [0.717, 1.165) is 0 Å². The van der Waals surface area contributed by atoms with E-state index in [1.54, 1.807) is 6.07 Å². The van der Waals surface area contributed by atoms with Gasteiger partial charge in [0.25, 0.3) is 5.69 Å². The molecule has 98 valence electrons. The number of aromatic nitrogens is 2. The van der Waals surface area contributed by atoms with Crippen molar-refractivity contribution in [1.82, 2.24) is 9.78 Å². The van der Waals surface area contributed by atoms with Gasteiger partial charge in [0.2, 0.25) is 0 Å². The van der Waals surface area contributed by atoms with Crippen LogP contribution in [-0.4, -0.2) is 25.8 Å². The lowest BCUT2D eigenvalue weighted by molar-refractivity contribution is -0.384. The summed E-state index contributed by atoms with van der Waals surface area (Å²) in [7, 11) is 0. The summed E-state index contributed by atoms with van der Waals surface area (Å²) < 4.78 is 1.41. The maximum atomic E-state index is 10.9. The molecule has 1 aromatic heterocycles. The Labute approximate surface area is 108 Å². The minimum Gasteiger partial charge on any atom is -0.476 e. The van der Waals surface area contributed by atoms with Crippen LogP contribution in [0, 0.1) is 10.1 Å². The summed E-state index contributed by atoms with van der Waals surface area (Å²) in [6, 6.07) is 7.37. The molecular formula is C12H11N3O4. The third-order valence-electron chi connectivity index (χ3n) is 2.65. The number of carboxylic acids is 1. The average Bonchev–Trinajstić information content (AvgIpc) is 2.83. The molecule has 0 aliphatic rings. The van der Waals surface area contributed by atoms with E-state index < -0.39 is 10.9 Å². The summed E-state index contributed by atoms with van der Waals surface area (Å²) in [6.45, 7) is 1.86. The molecular weight excluding hydrogens is 250 g/mol. The number of carbonyl (C=O) groups is 1. The van der Waals surface area contributed by atoms with Crippen LogP contribution in [0.3, 0.4) is 0 Å². The molecule has 0 fully saturated rings. The highest BCUT2D eigenvalue weighted by atomic mass is 16.6. The maximum absolute atomic E-state index is 10.9. The number of benzene rings is 1. The standard InChI is InChI=1S/C12H11N3O4/c1-2-8-7-11(12(16)17)13-14(8)9-4-3-5-10(6-9)15(18)19/h3-7H,2H2,1H3,(H,16,17). The minimum atomic E-state index is -1.13. The predicted octanol–water partition coefficient (Wildman–Crippen LogP) is 2.04. The Hall–Kier alpha value is -2.70. The number of nitrogens with zero attached hydrogens (tertiary/aromatic N) is 3. The smallest absolute Gasteiger partial charge is 0.356 e. The van der Waals surface area contributed by atoms with Crippen molar-refractivity contribution in [2.75, 3.05) is 0 Å². The number of hydrogen-bond acceptors (Lipinski definition) is 4. The molecule has 0 unspecified atom stereocenters. The van der Waals surface area contributed by atoms with Gasteiger partial charge in [-0.05, 0) is 18.6 Å². The number of non-ortho nitro benzene ring substituents is 1. The van der Waals surface area contributed by atoms with Crippen LogP contribution in [0.5, 0.6) is 0 Å². The van der Waals surface area contributed by atoms with E-state index in [4.69, 9.17) is 5.11 Å². The van der Waals surface area contributed by atoms with Gasteiger partial charge in [0.15, 0.2) is 5.69 Å². The van der Waals surface area contributed by atoms with Crippen molar-refractivity contribution >= 4 is 11.7 Å². The largest absolute Gasteiger partial charge is 0.476 e. The Morgan fingerprint density at radius 1 is 1.47 bits per heavy atom. The zero-order valence-electron chi connectivity index (χ0n) is 10.1. The van der Waals surface area contributed by atoms with Crippen LogP contribution in [0.25, 0.3) is 5.69 Å². The van der Waals surface area contributed by atoms with Crippen molar-refractivity contribution in [3.05, 3.63) is 51.8 Å². The normalized spacial score (nSPS) is 10.4. The van der Waals surface area contributed by atoms with Crippen molar-refractivity contribution in [3.63, 3.8) is 0 Å². The number of aromatic carboxylic acids is 1.